The molecule has 2 heterocycles. The maximum atomic E-state index is 12.4. The summed E-state index contributed by atoms with van der Waals surface area (Å²) in [5, 5.41) is 10.7. The lowest BCUT2D eigenvalue weighted by atomic mass is 9.95. The predicted octanol–water partition coefficient (Wildman–Crippen LogP) is 3.00. The maximum Gasteiger partial charge on any atom is 0.227 e. The third kappa shape index (κ3) is 4.93. The highest BCUT2D eigenvalue weighted by molar-refractivity contribution is 5.89. The summed E-state index contributed by atoms with van der Waals surface area (Å²) in [6, 6.07) is 9.93. The first-order valence-corrected chi connectivity index (χ1v) is 8.76. The Morgan fingerprint density at radius 1 is 1.38 bits per heavy atom. The van der Waals surface area contributed by atoms with Crippen molar-refractivity contribution >= 4 is 24.3 Å². The topological polar surface area (TPSA) is 71.8 Å². The van der Waals surface area contributed by atoms with Crippen LogP contribution in [-0.2, 0) is 11.8 Å². The van der Waals surface area contributed by atoms with E-state index in [1.54, 1.807) is 4.68 Å². The van der Waals surface area contributed by atoms with Gasteiger partial charge < -0.3 is 5.32 Å². The summed E-state index contributed by atoms with van der Waals surface area (Å²) in [5.74, 6) is 1.60. The smallest absolute Gasteiger partial charge is 0.227 e. The van der Waals surface area contributed by atoms with Gasteiger partial charge in [-0.1, -0.05) is 36.4 Å². The normalized spacial score (nSPS) is 15.7. The Morgan fingerprint density at radius 2 is 2.08 bits per heavy atom. The molecule has 1 amide bonds. The van der Waals surface area contributed by atoms with E-state index in [0.717, 1.165) is 37.3 Å². The number of halogens is 1. The SMILES string of the molecule is C=CC(CC(=O)Nc1nc(C2CCNCC2)nn1C)c1ccccc1.Cl. The monoisotopic (exact) mass is 375 g/mol. The van der Waals surface area contributed by atoms with Gasteiger partial charge in [0, 0.05) is 25.3 Å². The van der Waals surface area contributed by atoms with Crippen LogP contribution in [0.15, 0.2) is 43.0 Å². The van der Waals surface area contributed by atoms with Gasteiger partial charge in [0.05, 0.1) is 0 Å². The van der Waals surface area contributed by atoms with Crippen molar-refractivity contribution in [2.24, 2.45) is 7.05 Å². The molecule has 1 aliphatic heterocycles. The van der Waals surface area contributed by atoms with E-state index >= 15 is 0 Å². The van der Waals surface area contributed by atoms with Crippen molar-refractivity contribution < 1.29 is 4.79 Å². The second-order valence-electron chi connectivity index (χ2n) is 6.45. The highest BCUT2D eigenvalue weighted by atomic mass is 35.5. The number of benzene rings is 1. The van der Waals surface area contributed by atoms with Crippen LogP contribution >= 0.6 is 12.4 Å². The molecular formula is C19H26ClN5O. The Bertz CT molecular complexity index is 725. The summed E-state index contributed by atoms with van der Waals surface area (Å²) in [7, 11) is 1.81. The Balaban J connectivity index is 0.00000243. The molecule has 1 aliphatic rings. The molecule has 3 rings (SSSR count). The standard InChI is InChI=1S/C19H25N5O.ClH/c1-3-14(15-7-5-4-6-8-15)13-17(25)21-19-22-18(23-24(19)2)16-9-11-20-12-10-16;/h3-8,14,16,20H,1,9-13H2,2H3,(H,21,22,23,25);1H. The number of carbonyl (C=O) groups excluding carboxylic acids is 1. The minimum atomic E-state index is -0.0823. The molecule has 1 unspecified atom stereocenters. The van der Waals surface area contributed by atoms with Crippen molar-refractivity contribution in [1.82, 2.24) is 20.1 Å². The van der Waals surface area contributed by atoms with Gasteiger partial charge in [-0.05, 0) is 31.5 Å². The number of aromatic nitrogens is 3. The molecule has 7 heteroatoms. The van der Waals surface area contributed by atoms with E-state index in [0.29, 0.717) is 18.3 Å². The van der Waals surface area contributed by atoms with Crippen LogP contribution in [0.25, 0.3) is 0 Å². The number of nitrogens with one attached hydrogen (secondary N) is 2. The molecule has 2 N–H and O–H groups in total. The molecule has 26 heavy (non-hydrogen) atoms. The molecule has 0 radical (unpaired) electrons. The second kappa shape index (κ2) is 9.50. The number of amides is 1. The molecule has 1 fully saturated rings. The fourth-order valence-corrected chi connectivity index (χ4v) is 3.18. The average Bonchev–Trinajstić information content (AvgIpc) is 3.01. The van der Waals surface area contributed by atoms with Crippen LogP contribution in [0, 0.1) is 0 Å². The van der Waals surface area contributed by atoms with Crippen molar-refractivity contribution in [2.75, 3.05) is 18.4 Å². The molecule has 0 aliphatic carbocycles. The van der Waals surface area contributed by atoms with E-state index in [1.807, 2.05) is 43.5 Å². The Labute approximate surface area is 160 Å². The van der Waals surface area contributed by atoms with Crippen molar-refractivity contribution in [3.63, 3.8) is 0 Å². The molecule has 1 atom stereocenters. The number of carbonyl (C=O) groups is 1. The van der Waals surface area contributed by atoms with Gasteiger partial charge in [-0.3, -0.25) is 10.1 Å². The first-order valence-electron chi connectivity index (χ1n) is 8.76. The number of allylic oxidation sites excluding steroid dienone is 1. The van der Waals surface area contributed by atoms with Crippen molar-refractivity contribution in [3.8, 4) is 0 Å². The summed E-state index contributed by atoms with van der Waals surface area (Å²) in [4.78, 5) is 17.0. The molecule has 1 saturated heterocycles. The molecule has 1 aromatic carbocycles. The van der Waals surface area contributed by atoms with E-state index in [1.165, 1.54) is 0 Å². The minimum absolute atomic E-state index is 0. The molecule has 6 nitrogen and oxygen atoms in total. The zero-order valence-electron chi connectivity index (χ0n) is 15.0. The molecule has 0 saturated carbocycles. The van der Waals surface area contributed by atoms with Crippen LogP contribution in [-0.4, -0.2) is 33.8 Å². The third-order valence-electron chi connectivity index (χ3n) is 4.65. The van der Waals surface area contributed by atoms with Gasteiger partial charge in [-0.15, -0.1) is 19.0 Å². The number of anilines is 1. The third-order valence-corrected chi connectivity index (χ3v) is 4.65. The number of hydrogen-bond acceptors (Lipinski definition) is 4. The second-order valence-corrected chi connectivity index (χ2v) is 6.45. The fourth-order valence-electron chi connectivity index (χ4n) is 3.18. The lowest BCUT2D eigenvalue weighted by Gasteiger charge is -2.19. The molecule has 2 aromatic rings. The van der Waals surface area contributed by atoms with E-state index < -0.39 is 0 Å². The Kier molecular flexibility index (Phi) is 7.36. The van der Waals surface area contributed by atoms with Crippen molar-refractivity contribution in [2.45, 2.75) is 31.1 Å². The summed E-state index contributed by atoms with van der Waals surface area (Å²) in [6.07, 6.45) is 4.21. The first-order chi connectivity index (χ1) is 12.2. The summed E-state index contributed by atoms with van der Waals surface area (Å²) in [6.45, 7) is 5.84. The number of nitrogens with zero attached hydrogens (tertiary/aromatic N) is 3. The van der Waals surface area contributed by atoms with Gasteiger partial charge in [-0.2, -0.15) is 10.1 Å². The van der Waals surface area contributed by atoms with Crippen LogP contribution in [0.2, 0.25) is 0 Å². The largest absolute Gasteiger partial charge is 0.317 e. The zero-order chi connectivity index (χ0) is 17.6. The van der Waals surface area contributed by atoms with E-state index in [2.05, 4.69) is 27.3 Å². The average molecular weight is 376 g/mol. The highest BCUT2D eigenvalue weighted by Gasteiger charge is 2.22. The maximum absolute atomic E-state index is 12.4. The Morgan fingerprint density at radius 3 is 2.73 bits per heavy atom. The van der Waals surface area contributed by atoms with Crippen LogP contribution in [0.1, 0.15) is 42.5 Å². The Hall–Kier alpha value is -2.18. The fraction of sp³-hybridized carbons (Fsp3) is 0.421. The van der Waals surface area contributed by atoms with E-state index in [-0.39, 0.29) is 24.2 Å². The van der Waals surface area contributed by atoms with Crippen molar-refractivity contribution in [3.05, 3.63) is 54.4 Å². The van der Waals surface area contributed by atoms with Gasteiger partial charge in [-0.25, -0.2) is 4.68 Å². The molecule has 0 bridgehead atoms. The van der Waals surface area contributed by atoms with Crippen LogP contribution in [0.4, 0.5) is 5.95 Å². The van der Waals surface area contributed by atoms with Gasteiger partial charge in [0.25, 0.3) is 0 Å². The lowest BCUT2D eigenvalue weighted by Crippen LogP contribution is -2.27. The minimum Gasteiger partial charge on any atom is -0.317 e. The van der Waals surface area contributed by atoms with Crippen LogP contribution in [0.5, 0.6) is 0 Å². The number of rotatable bonds is 6. The predicted molar refractivity (Wildman–Crippen MR) is 106 cm³/mol. The lowest BCUT2D eigenvalue weighted by molar-refractivity contribution is -0.116. The van der Waals surface area contributed by atoms with E-state index in [4.69, 9.17) is 0 Å². The molecule has 0 spiro atoms. The van der Waals surface area contributed by atoms with Gasteiger partial charge in [0.1, 0.15) is 0 Å². The van der Waals surface area contributed by atoms with Crippen LogP contribution < -0.4 is 10.6 Å². The zero-order valence-corrected chi connectivity index (χ0v) is 15.8. The first kappa shape index (κ1) is 20.1. The summed E-state index contributed by atoms with van der Waals surface area (Å²) >= 11 is 0. The molecule has 1 aromatic heterocycles. The van der Waals surface area contributed by atoms with E-state index in [9.17, 15) is 4.79 Å². The highest BCUT2D eigenvalue weighted by Crippen LogP contribution is 2.24. The number of aryl methyl sites for hydroxylation is 1. The summed E-state index contributed by atoms with van der Waals surface area (Å²) in [5.41, 5.74) is 1.08. The van der Waals surface area contributed by atoms with Gasteiger partial charge >= 0.3 is 0 Å². The molecular weight excluding hydrogens is 350 g/mol. The van der Waals surface area contributed by atoms with Crippen molar-refractivity contribution in [1.29, 1.82) is 0 Å². The quantitative estimate of drug-likeness (QED) is 0.761. The molecule has 140 valence electrons. The number of piperidine rings is 1. The number of hydrogen-bond donors (Lipinski definition) is 2. The van der Waals surface area contributed by atoms with Gasteiger partial charge in [0.2, 0.25) is 11.9 Å². The van der Waals surface area contributed by atoms with Gasteiger partial charge in [0.15, 0.2) is 5.82 Å². The van der Waals surface area contributed by atoms with Crippen LogP contribution in [0.3, 0.4) is 0 Å². The summed E-state index contributed by atoms with van der Waals surface area (Å²) < 4.78 is 1.65.